The second-order valence-corrected chi connectivity index (χ2v) is 10.5. The lowest BCUT2D eigenvalue weighted by Gasteiger charge is -2.30. The Labute approximate surface area is 182 Å². The summed E-state index contributed by atoms with van der Waals surface area (Å²) >= 11 is 8.81. The number of fused-ring (bicyclic) bond motifs is 1. The maximum absolute atomic E-state index is 12.0. The van der Waals surface area contributed by atoms with Crippen LogP contribution in [0, 0.1) is 3.95 Å². The van der Waals surface area contributed by atoms with Crippen molar-refractivity contribution < 1.29 is 4.79 Å². The molecule has 3 heterocycles. The van der Waals surface area contributed by atoms with Gasteiger partial charge < -0.3 is 0 Å². The average Bonchev–Trinajstić information content (AvgIpc) is 3.33. The quantitative estimate of drug-likeness (QED) is 0.536. The van der Waals surface area contributed by atoms with Crippen LogP contribution in [0.25, 0.3) is 10.2 Å². The molecule has 5 rings (SSSR count). The lowest BCUT2D eigenvalue weighted by atomic mass is 9.98. The Morgan fingerprint density at radius 1 is 1.21 bits per heavy atom. The van der Waals surface area contributed by atoms with E-state index in [2.05, 4.69) is 34.3 Å². The van der Waals surface area contributed by atoms with Crippen LogP contribution in [0.5, 0.6) is 0 Å². The molecule has 2 aliphatic rings. The van der Waals surface area contributed by atoms with Crippen molar-refractivity contribution in [1.29, 1.82) is 0 Å². The van der Waals surface area contributed by atoms with Crippen LogP contribution < -0.4 is 4.90 Å². The average molecular weight is 446 g/mol. The molecular weight excluding hydrogens is 422 g/mol. The third-order valence-corrected chi connectivity index (χ3v) is 8.14. The van der Waals surface area contributed by atoms with E-state index in [9.17, 15) is 4.79 Å². The van der Waals surface area contributed by atoms with Crippen molar-refractivity contribution in [2.45, 2.75) is 51.2 Å². The number of para-hydroxylation sites is 1. The van der Waals surface area contributed by atoms with E-state index in [4.69, 9.17) is 17.2 Å². The van der Waals surface area contributed by atoms with Crippen molar-refractivity contribution in [2.24, 2.45) is 0 Å². The van der Waals surface area contributed by atoms with E-state index < -0.39 is 0 Å². The normalized spacial score (nSPS) is 18.4. The number of piperidine rings is 1. The third-order valence-electron chi connectivity index (χ3n) is 5.63. The van der Waals surface area contributed by atoms with Crippen LogP contribution in [0.15, 0.2) is 24.3 Å². The molecule has 2 aromatic heterocycles. The summed E-state index contributed by atoms with van der Waals surface area (Å²) in [6, 6.07) is 8.69. The van der Waals surface area contributed by atoms with E-state index in [1.54, 1.807) is 6.92 Å². The molecule has 0 unspecified atom stereocenters. The number of anilines is 1. The number of hydrogen-bond donors (Lipinski definition) is 0. The highest BCUT2D eigenvalue weighted by atomic mass is 32.1. The highest BCUT2D eigenvalue weighted by molar-refractivity contribution is 7.73. The lowest BCUT2D eigenvalue weighted by molar-refractivity contribution is -0.116. The van der Waals surface area contributed by atoms with Gasteiger partial charge in [0, 0.05) is 32.0 Å². The molecule has 9 heteroatoms. The number of carbonyl (C=O) groups excluding carboxylic acids is 1. The molecule has 0 N–H and O–H groups in total. The summed E-state index contributed by atoms with van der Waals surface area (Å²) in [4.78, 5) is 21.1. The second kappa shape index (κ2) is 7.86. The van der Waals surface area contributed by atoms with Crippen molar-refractivity contribution in [3.8, 4) is 0 Å². The molecule has 1 saturated heterocycles. The van der Waals surface area contributed by atoms with Gasteiger partial charge in [-0.1, -0.05) is 23.5 Å². The van der Waals surface area contributed by atoms with Gasteiger partial charge in [-0.3, -0.25) is 14.6 Å². The van der Waals surface area contributed by atoms with E-state index in [0.717, 1.165) is 53.4 Å². The van der Waals surface area contributed by atoms with Gasteiger partial charge in [0.1, 0.15) is 0 Å². The Morgan fingerprint density at radius 3 is 2.66 bits per heavy atom. The Hall–Kier alpha value is -1.68. The van der Waals surface area contributed by atoms with Gasteiger partial charge in [0.15, 0.2) is 3.95 Å². The number of aromatic nitrogens is 3. The molecule has 0 radical (unpaired) electrons. The highest BCUT2D eigenvalue weighted by Gasteiger charge is 2.34. The minimum atomic E-state index is 0.0556. The molecule has 152 valence electrons. The zero-order chi connectivity index (χ0) is 20.0. The van der Waals surface area contributed by atoms with Crippen molar-refractivity contribution in [3.05, 3.63) is 33.2 Å². The van der Waals surface area contributed by atoms with Gasteiger partial charge in [-0.05, 0) is 50.0 Å². The van der Waals surface area contributed by atoms with Gasteiger partial charge in [0.05, 0.1) is 21.9 Å². The summed E-state index contributed by atoms with van der Waals surface area (Å²) in [5.74, 6) is 0.589. The zero-order valence-electron chi connectivity index (χ0n) is 16.3. The van der Waals surface area contributed by atoms with Gasteiger partial charge in [0.2, 0.25) is 11.0 Å². The first-order valence-corrected chi connectivity index (χ1v) is 12.1. The number of hydrogen-bond acceptors (Lipinski definition) is 7. The smallest absolute Gasteiger partial charge is 0.225 e. The summed E-state index contributed by atoms with van der Waals surface area (Å²) < 4.78 is 3.89. The minimum Gasteiger partial charge on any atom is -0.284 e. The Kier molecular flexibility index (Phi) is 5.23. The third kappa shape index (κ3) is 4.01. The van der Waals surface area contributed by atoms with Crippen molar-refractivity contribution in [1.82, 2.24) is 19.7 Å². The first-order chi connectivity index (χ1) is 14.1. The molecule has 3 aromatic rings. The van der Waals surface area contributed by atoms with Crippen LogP contribution in [0.1, 0.15) is 43.5 Å². The molecule has 1 aliphatic carbocycles. The van der Waals surface area contributed by atoms with Gasteiger partial charge in [-0.15, -0.1) is 16.4 Å². The Balaban J connectivity index is 1.24. The number of carbonyl (C=O) groups is 1. The molecule has 6 nitrogen and oxygen atoms in total. The maximum atomic E-state index is 12.0. The molecular formula is C20H23N5OS3. The molecule has 0 bridgehead atoms. The fourth-order valence-corrected chi connectivity index (χ4v) is 6.27. The van der Waals surface area contributed by atoms with E-state index in [-0.39, 0.29) is 5.91 Å². The minimum absolute atomic E-state index is 0.0556. The molecule has 1 saturated carbocycles. The van der Waals surface area contributed by atoms with E-state index in [0.29, 0.717) is 18.6 Å². The molecule has 29 heavy (non-hydrogen) atoms. The largest absolute Gasteiger partial charge is 0.284 e. The van der Waals surface area contributed by atoms with Crippen LogP contribution in [0.3, 0.4) is 0 Å². The number of nitrogens with zero attached hydrogens (tertiary/aromatic N) is 5. The Morgan fingerprint density at radius 2 is 1.97 bits per heavy atom. The maximum Gasteiger partial charge on any atom is 0.225 e. The highest BCUT2D eigenvalue weighted by Crippen LogP contribution is 2.35. The molecule has 0 atom stereocenters. The standard InChI is InChI=1S/C20H23N5OS3/c1-13(26)25(15-6-7-15)19-22-24(20(27)29-19)12-23-10-8-14(9-11-23)18-21-16-4-2-3-5-17(16)28-18/h2-5,14-15H,6-12H2,1H3. The monoisotopic (exact) mass is 445 g/mol. The van der Waals surface area contributed by atoms with Crippen LogP contribution >= 0.6 is 34.9 Å². The van der Waals surface area contributed by atoms with E-state index >= 15 is 0 Å². The molecule has 1 amide bonds. The van der Waals surface area contributed by atoms with Crippen LogP contribution in [-0.4, -0.2) is 44.7 Å². The van der Waals surface area contributed by atoms with E-state index in [1.165, 1.54) is 21.0 Å². The van der Waals surface area contributed by atoms with Crippen LogP contribution in [0.4, 0.5) is 5.13 Å². The van der Waals surface area contributed by atoms with E-state index in [1.807, 2.05) is 20.9 Å². The summed E-state index contributed by atoms with van der Waals surface area (Å²) in [6.07, 6.45) is 4.33. The SMILES string of the molecule is CC(=O)N(c1nn(CN2CCC(c3nc4ccccc4s3)CC2)c(=S)s1)C1CC1. The van der Waals surface area contributed by atoms with Crippen molar-refractivity contribution in [3.63, 3.8) is 0 Å². The summed E-state index contributed by atoms with van der Waals surface area (Å²) in [5.41, 5.74) is 1.11. The van der Waals surface area contributed by atoms with Crippen LogP contribution in [-0.2, 0) is 11.5 Å². The van der Waals surface area contributed by atoms with Crippen molar-refractivity contribution >= 4 is 56.1 Å². The lowest BCUT2D eigenvalue weighted by Crippen LogP contribution is -2.35. The van der Waals surface area contributed by atoms with Crippen molar-refractivity contribution in [2.75, 3.05) is 18.0 Å². The zero-order valence-corrected chi connectivity index (χ0v) is 18.7. The van der Waals surface area contributed by atoms with Gasteiger partial charge >= 0.3 is 0 Å². The first-order valence-electron chi connectivity index (χ1n) is 10.0. The topological polar surface area (TPSA) is 54.3 Å². The first kappa shape index (κ1) is 19.3. The fourth-order valence-electron chi connectivity index (χ4n) is 3.94. The number of thiazole rings is 1. The molecule has 2 fully saturated rings. The van der Waals surface area contributed by atoms with Gasteiger partial charge in [-0.2, -0.15) is 0 Å². The fraction of sp³-hybridized carbons (Fsp3) is 0.500. The number of amides is 1. The second-order valence-electron chi connectivity index (χ2n) is 7.82. The molecule has 1 aromatic carbocycles. The summed E-state index contributed by atoms with van der Waals surface area (Å²) in [5, 5.41) is 6.69. The van der Waals surface area contributed by atoms with Gasteiger partial charge in [-0.25, -0.2) is 9.67 Å². The molecule has 1 aliphatic heterocycles. The van der Waals surface area contributed by atoms with Gasteiger partial charge in [0.25, 0.3) is 0 Å². The summed E-state index contributed by atoms with van der Waals surface area (Å²) in [7, 11) is 0. The Bertz CT molecular complexity index is 1060. The number of likely N-dealkylation sites (tertiary alicyclic amines) is 1. The number of rotatable bonds is 5. The predicted octanol–water partition coefficient (Wildman–Crippen LogP) is 4.64. The number of benzene rings is 1. The summed E-state index contributed by atoms with van der Waals surface area (Å²) in [6.45, 7) is 4.32. The van der Waals surface area contributed by atoms with Crippen LogP contribution in [0.2, 0.25) is 0 Å². The predicted molar refractivity (Wildman–Crippen MR) is 120 cm³/mol. The molecule has 0 spiro atoms.